The summed E-state index contributed by atoms with van der Waals surface area (Å²) in [7, 11) is 1.69. The summed E-state index contributed by atoms with van der Waals surface area (Å²) < 4.78 is 5.37. The molecular formula is C23H32N4O2. The standard InChI is InChI=1S/C23H32N4O2/c1-5-6-10-22(28)26-11-13-27(14-12-26)23-21(17(2)24-18(3)25-23)16-19-8-7-9-20(15-19)29-4/h7-9,15H,5-6,10-14,16H2,1-4H3. The fourth-order valence-electron chi connectivity index (χ4n) is 3.83. The molecule has 0 N–H and O–H groups in total. The number of piperazine rings is 1. The van der Waals surface area contributed by atoms with E-state index in [1.807, 2.05) is 24.0 Å². The van der Waals surface area contributed by atoms with E-state index in [1.54, 1.807) is 7.11 Å². The van der Waals surface area contributed by atoms with Gasteiger partial charge in [-0.25, -0.2) is 9.97 Å². The number of methoxy groups -OCH3 is 1. The van der Waals surface area contributed by atoms with Crippen LogP contribution in [-0.2, 0) is 11.2 Å². The van der Waals surface area contributed by atoms with Crippen LogP contribution >= 0.6 is 0 Å². The van der Waals surface area contributed by atoms with Crippen LogP contribution in [0.1, 0.15) is 48.8 Å². The first-order valence-corrected chi connectivity index (χ1v) is 10.5. The zero-order valence-electron chi connectivity index (χ0n) is 18.1. The molecule has 1 fully saturated rings. The molecule has 0 unspecified atom stereocenters. The molecule has 1 amide bonds. The van der Waals surface area contributed by atoms with Gasteiger partial charge in [0.25, 0.3) is 0 Å². The van der Waals surface area contributed by atoms with Crippen LogP contribution in [0.3, 0.4) is 0 Å². The Hall–Kier alpha value is -2.63. The third-order valence-electron chi connectivity index (χ3n) is 5.50. The first kappa shape index (κ1) is 21.1. The Kier molecular flexibility index (Phi) is 7.07. The van der Waals surface area contributed by atoms with Crippen molar-refractivity contribution in [1.29, 1.82) is 0 Å². The predicted molar refractivity (Wildman–Crippen MR) is 116 cm³/mol. The first-order valence-electron chi connectivity index (χ1n) is 10.5. The van der Waals surface area contributed by atoms with Gasteiger partial charge in [-0.05, 0) is 38.0 Å². The number of ether oxygens (including phenoxy) is 1. The van der Waals surface area contributed by atoms with Gasteiger partial charge < -0.3 is 14.5 Å². The molecule has 6 nitrogen and oxygen atoms in total. The number of carbonyl (C=O) groups excluding carboxylic acids is 1. The van der Waals surface area contributed by atoms with Gasteiger partial charge in [0, 0.05) is 50.3 Å². The highest BCUT2D eigenvalue weighted by molar-refractivity contribution is 5.76. The van der Waals surface area contributed by atoms with Crippen molar-refractivity contribution < 1.29 is 9.53 Å². The van der Waals surface area contributed by atoms with E-state index in [1.165, 1.54) is 5.56 Å². The smallest absolute Gasteiger partial charge is 0.222 e. The van der Waals surface area contributed by atoms with Crippen LogP contribution < -0.4 is 9.64 Å². The molecule has 1 saturated heterocycles. The lowest BCUT2D eigenvalue weighted by Gasteiger charge is -2.36. The molecule has 2 aromatic rings. The van der Waals surface area contributed by atoms with Crippen LogP contribution in [0.4, 0.5) is 5.82 Å². The van der Waals surface area contributed by atoms with Crippen molar-refractivity contribution >= 4 is 11.7 Å². The Morgan fingerprint density at radius 3 is 2.59 bits per heavy atom. The second kappa shape index (κ2) is 9.72. The summed E-state index contributed by atoms with van der Waals surface area (Å²) in [4.78, 5) is 26.1. The fraction of sp³-hybridized carbons (Fsp3) is 0.522. The predicted octanol–water partition coefficient (Wildman–Crippen LogP) is 3.53. The number of nitrogens with zero attached hydrogens (tertiary/aromatic N) is 4. The second-order valence-electron chi connectivity index (χ2n) is 7.66. The van der Waals surface area contributed by atoms with Gasteiger partial charge in [-0.3, -0.25) is 4.79 Å². The molecule has 0 aliphatic carbocycles. The summed E-state index contributed by atoms with van der Waals surface area (Å²) in [5.74, 6) is 2.92. The normalized spacial score (nSPS) is 14.2. The third kappa shape index (κ3) is 5.25. The molecular weight excluding hydrogens is 364 g/mol. The summed E-state index contributed by atoms with van der Waals surface area (Å²) >= 11 is 0. The average Bonchev–Trinajstić information content (AvgIpc) is 2.74. The number of hydrogen-bond donors (Lipinski definition) is 0. The van der Waals surface area contributed by atoms with Crippen LogP contribution in [0.5, 0.6) is 5.75 Å². The van der Waals surface area contributed by atoms with E-state index in [0.717, 1.165) is 74.1 Å². The molecule has 156 valence electrons. The molecule has 1 aliphatic rings. The van der Waals surface area contributed by atoms with E-state index in [2.05, 4.69) is 35.9 Å². The summed E-state index contributed by atoms with van der Waals surface area (Å²) in [5.41, 5.74) is 3.33. The SMILES string of the molecule is CCCCC(=O)N1CCN(c2nc(C)nc(C)c2Cc2cccc(OC)c2)CC1. The van der Waals surface area contributed by atoms with E-state index in [9.17, 15) is 4.79 Å². The molecule has 6 heteroatoms. The average molecular weight is 397 g/mol. The van der Waals surface area contributed by atoms with Crippen molar-refractivity contribution in [2.24, 2.45) is 0 Å². The highest BCUT2D eigenvalue weighted by Crippen LogP contribution is 2.26. The van der Waals surface area contributed by atoms with E-state index in [0.29, 0.717) is 6.42 Å². The van der Waals surface area contributed by atoms with Crippen molar-refractivity contribution in [3.8, 4) is 5.75 Å². The third-order valence-corrected chi connectivity index (χ3v) is 5.50. The van der Waals surface area contributed by atoms with Gasteiger partial charge in [-0.15, -0.1) is 0 Å². The zero-order chi connectivity index (χ0) is 20.8. The van der Waals surface area contributed by atoms with E-state index in [4.69, 9.17) is 9.72 Å². The summed E-state index contributed by atoms with van der Waals surface area (Å²) in [6, 6.07) is 8.14. The monoisotopic (exact) mass is 396 g/mol. The molecule has 29 heavy (non-hydrogen) atoms. The molecule has 0 saturated carbocycles. The quantitative estimate of drug-likeness (QED) is 0.717. The number of amides is 1. The number of anilines is 1. The molecule has 3 rings (SSSR count). The topological polar surface area (TPSA) is 58.6 Å². The number of carbonyl (C=O) groups is 1. The molecule has 1 aromatic carbocycles. The van der Waals surface area contributed by atoms with E-state index >= 15 is 0 Å². The number of hydrogen-bond acceptors (Lipinski definition) is 5. The lowest BCUT2D eigenvalue weighted by Crippen LogP contribution is -2.49. The Labute approximate surface area is 173 Å². The fourth-order valence-corrected chi connectivity index (χ4v) is 3.83. The highest BCUT2D eigenvalue weighted by atomic mass is 16.5. The summed E-state index contributed by atoms with van der Waals surface area (Å²) in [6.45, 7) is 9.23. The summed E-state index contributed by atoms with van der Waals surface area (Å²) in [5, 5.41) is 0. The minimum Gasteiger partial charge on any atom is -0.497 e. The number of unbranched alkanes of at least 4 members (excludes halogenated alkanes) is 1. The van der Waals surface area contributed by atoms with Gasteiger partial charge in [0.1, 0.15) is 17.4 Å². The van der Waals surface area contributed by atoms with Crippen molar-refractivity contribution in [3.05, 3.63) is 46.9 Å². The minimum atomic E-state index is 0.276. The Morgan fingerprint density at radius 2 is 1.90 bits per heavy atom. The largest absolute Gasteiger partial charge is 0.497 e. The van der Waals surface area contributed by atoms with E-state index in [-0.39, 0.29) is 5.91 Å². The Balaban J connectivity index is 1.78. The number of aryl methyl sites for hydroxylation is 2. The van der Waals surface area contributed by atoms with Gasteiger partial charge in [-0.2, -0.15) is 0 Å². The van der Waals surface area contributed by atoms with Crippen LogP contribution in [0.15, 0.2) is 24.3 Å². The molecule has 0 atom stereocenters. The van der Waals surface area contributed by atoms with Crippen molar-refractivity contribution in [2.45, 2.75) is 46.5 Å². The van der Waals surface area contributed by atoms with Crippen molar-refractivity contribution in [1.82, 2.24) is 14.9 Å². The van der Waals surface area contributed by atoms with Crippen molar-refractivity contribution in [2.75, 3.05) is 38.2 Å². The molecule has 1 aliphatic heterocycles. The van der Waals surface area contributed by atoms with Crippen molar-refractivity contribution in [3.63, 3.8) is 0 Å². The Morgan fingerprint density at radius 1 is 1.14 bits per heavy atom. The lowest BCUT2D eigenvalue weighted by molar-refractivity contribution is -0.131. The van der Waals surface area contributed by atoms with Gasteiger partial charge in [0.05, 0.1) is 7.11 Å². The maximum atomic E-state index is 12.3. The maximum Gasteiger partial charge on any atom is 0.222 e. The first-order chi connectivity index (χ1) is 14.0. The molecule has 0 spiro atoms. The van der Waals surface area contributed by atoms with Gasteiger partial charge in [-0.1, -0.05) is 25.5 Å². The zero-order valence-corrected chi connectivity index (χ0v) is 18.1. The van der Waals surface area contributed by atoms with E-state index < -0.39 is 0 Å². The Bertz CT molecular complexity index is 845. The molecule has 0 bridgehead atoms. The molecule has 1 aromatic heterocycles. The van der Waals surface area contributed by atoms with Crippen LogP contribution in [-0.4, -0.2) is 54.1 Å². The van der Waals surface area contributed by atoms with Gasteiger partial charge in [0.15, 0.2) is 0 Å². The second-order valence-corrected chi connectivity index (χ2v) is 7.66. The van der Waals surface area contributed by atoms with Crippen LogP contribution in [0.25, 0.3) is 0 Å². The highest BCUT2D eigenvalue weighted by Gasteiger charge is 2.24. The van der Waals surface area contributed by atoms with Gasteiger partial charge in [0.2, 0.25) is 5.91 Å². The summed E-state index contributed by atoms with van der Waals surface area (Å²) in [6.07, 6.45) is 3.43. The molecule has 0 radical (unpaired) electrons. The minimum absolute atomic E-state index is 0.276. The maximum absolute atomic E-state index is 12.3. The van der Waals surface area contributed by atoms with Crippen LogP contribution in [0.2, 0.25) is 0 Å². The van der Waals surface area contributed by atoms with Crippen LogP contribution in [0, 0.1) is 13.8 Å². The number of rotatable bonds is 7. The number of aromatic nitrogens is 2. The number of benzene rings is 1. The molecule has 2 heterocycles. The van der Waals surface area contributed by atoms with Gasteiger partial charge >= 0.3 is 0 Å². The lowest BCUT2D eigenvalue weighted by atomic mass is 10.0.